The molecular weight excluding hydrogens is 384 g/mol. The summed E-state index contributed by atoms with van der Waals surface area (Å²) in [5.41, 5.74) is 5.18. The Bertz CT molecular complexity index is 593. The van der Waals surface area contributed by atoms with Gasteiger partial charge in [0, 0.05) is 32.2 Å². The van der Waals surface area contributed by atoms with Crippen LogP contribution in [-0.4, -0.2) is 80.0 Å². The molecule has 0 aromatic carbocycles. The maximum absolute atomic E-state index is 12.2. The Labute approximate surface area is 170 Å². The summed E-state index contributed by atoms with van der Waals surface area (Å²) < 4.78 is 4.49. The topological polar surface area (TPSA) is 165 Å². The van der Waals surface area contributed by atoms with Gasteiger partial charge in [0.25, 0.3) is 0 Å². The van der Waals surface area contributed by atoms with Crippen molar-refractivity contribution in [1.29, 1.82) is 0 Å². The van der Waals surface area contributed by atoms with Crippen LogP contribution in [0, 0.1) is 0 Å². The number of hydrogen-bond donors (Lipinski definition) is 3. The third-order valence-corrected chi connectivity index (χ3v) is 3.57. The lowest BCUT2D eigenvalue weighted by molar-refractivity contribution is -0.148. The molecule has 0 aliphatic rings. The molecular formula is C18H32N4O7. The first-order valence-electron chi connectivity index (χ1n) is 8.84. The van der Waals surface area contributed by atoms with Crippen LogP contribution in [-0.2, 0) is 33.5 Å². The molecule has 0 aromatic rings. The van der Waals surface area contributed by atoms with E-state index in [-0.39, 0.29) is 63.7 Å². The van der Waals surface area contributed by atoms with E-state index in [0.29, 0.717) is 6.54 Å². The van der Waals surface area contributed by atoms with E-state index in [1.54, 1.807) is 6.92 Å². The average molecular weight is 416 g/mol. The van der Waals surface area contributed by atoms with Gasteiger partial charge < -0.3 is 26.0 Å². The minimum absolute atomic E-state index is 0. The summed E-state index contributed by atoms with van der Waals surface area (Å²) >= 11 is 0. The Hall–Kier alpha value is -2.82. The van der Waals surface area contributed by atoms with Gasteiger partial charge in [0.05, 0.1) is 20.2 Å². The molecule has 0 bridgehead atoms. The molecule has 0 heterocycles. The van der Waals surface area contributed by atoms with Gasteiger partial charge in [-0.15, -0.1) is 0 Å². The first kappa shape index (κ1) is 28.4. The summed E-state index contributed by atoms with van der Waals surface area (Å²) in [5.74, 6) is -2.92. The van der Waals surface area contributed by atoms with Crippen LogP contribution in [0.1, 0.15) is 40.0 Å². The highest BCUT2D eigenvalue weighted by Crippen LogP contribution is 2.00. The summed E-state index contributed by atoms with van der Waals surface area (Å²) in [6, 6.07) is 0. The smallest absolute Gasteiger partial charge is 0.325 e. The number of hydrogen-bond acceptors (Lipinski definition) is 8. The Morgan fingerprint density at radius 2 is 1.48 bits per heavy atom. The molecule has 0 atom stereocenters. The maximum Gasteiger partial charge on any atom is 0.325 e. The molecule has 0 spiro atoms. The molecule has 11 heteroatoms. The quantitative estimate of drug-likeness (QED) is 0.289. The number of ketones is 2. The molecule has 0 radical (unpaired) electrons. The van der Waals surface area contributed by atoms with E-state index in [0.717, 1.165) is 12.0 Å². The van der Waals surface area contributed by atoms with Crippen molar-refractivity contribution in [3.05, 3.63) is 0 Å². The van der Waals surface area contributed by atoms with Crippen LogP contribution in [0.15, 0.2) is 0 Å². The largest absolute Gasteiger partial charge is 0.468 e. The minimum atomic E-state index is -0.732. The molecule has 0 saturated heterocycles. The molecule has 0 rings (SSSR count). The lowest BCUT2D eigenvalue weighted by Crippen LogP contribution is -2.44. The molecule has 0 unspecified atom stereocenters. The normalized spacial score (nSPS) is 9.62. The summed E-state index contributed by atoms with van der Waals surface area (Å²) in [6.07, 6.45) is -0.318. The van der Waals surface area contributed by atoms with Gasteiger partial charge in [0.2, 0.25) is 17.7 Å². The molecule has 29 heavy (non-hydrogen) atoms. The third-order valence-electron chi connectivity index (χ3n) is 3.57. The SMILES string of the molecule is C.CCNC(=O)CCC(=O)CNC(=O)CN(CC(=O)OC)C(=O)CCC(=O)CN. The fourth-order valence-electron chi connectivity index (χ4n) is 2.01. The predicted molar refractivity (Wildman–Crippen MR) is 105 cm³/mol. The van der Waals surface area contributed by atoms with Crippen molar-refractivity contribution in [1.82, 2.24) is 15.5 Å². The standard InChI is InChI=1S/C17H28N4O7.CH4/c1-3-19-14(24)6-4-13(23)9-20-15(25)10-21(11-17(27)28-2)16(26)7-5-12(22)8-18;/h3-11,18H2,1-2H3,(H,19,24)(H,20,25);1H4. The Morgan fingerprint density at radius 3 is 2.03 bits per heavy atom. The van der Waals surface area contributed by atoms with Crippen LogP contribution in [0.25, 0.3) is 0 Å². The number of esters is 1. The summed E-state index contributed by atoms with van der Waals surface area (Å²) in [6.45, 7) is 0.768. The number of nitrogens with two attached hydrogens (primary N) is 1. The molecule has 0 saturated carbocycles. The van der Waals surface area contributed by atoms with E-state index >= 15 is 0 Å². The number of carbonyl (C=O) groups is 6. The first-order chi connectivity index (χ1) is 13.2. The van der Waals surface area contributed by atoms with Gasteiger partial charge in [-0.1, -0.05) is 7.43 Å². The van der Waals surface area contributed by atoms with Gasteiger partial charge in [-0.3, -0.25) is 28.8 Å². The minimum Gasteiger partial charge on any atom is -0.468 e. The first-order valence-corrected chi connectivity index (χ1v) is 8.84. The predicted octanol–water partition coefficient (Wildman–Crippen LogP) is -1.47. The highest BCUT2D eigenvalue weighted by molar-refractivity contribution is 5.92. The van der Waals surface area contributed by atoms with E-state index in [9.17, 15) is 28.8 Å². The van der Waals surface area contributed by atoms with Crippen LogP contribution >= 0.6 is 0 Å². The summed E-state index contributed by atoms with van der Waals surface area (Å²) in [4.78, 5) is 70.8. The lowest BCUT2D eigenvalue weighted by Gasteiger charge is -2.20. The van der Waals surface area contributed by atoms with Gasteiger partial charge >= 0.3 is 5.97 Å². The maximum atomic E-state index is 12.2. The van der Waals surface area contributed by atoms with Crippen LogP contribution in [0.4, 0.5) is 0 Å². The summed E-state index contributed by atoms with van der Waals surface area (Å²) in [7, 11) is 1.14. The van der Waals surface area contributed by atoms with Crippen LogP contribution in [0.2, 0.25) is 0 Å². The molecule has 0 aliphatic heterocycles. The van der Waals surface area contributed by atoms with Crippen molar-refractivity contribution >= 4 is 35.3 Å². The molecule has 3 amide bonds. The summed E-state index contributed by atoms with van der Waals surface area (Å²) in [5, 5.41) is 4.89. The number of ether oxygens (including phenoxy) is 1. The highest BCUT2D eigenvalue weighted by Gasteiger charge is 2.21. The van der Waals surface area contributed by atoms with E-state index in [1.165, 1.54) is 0 Å². The second-order valence-corrected chi connectivity index (χ2v) is 5.84. The fourth-order valence-corrected chi connectivity index (χ4v) is 2.01. The van der Waals surface area contributed by atoms with Crippen molar-refractivity contribution in [2.24, 2.45) is 5.73 Å². The van der Waals surface area contributed by atoms with E-state index in [2.05, 4.69) is 15.4 Å². The zero-order valence-electron chi connectivity index (χ0n) is 16.2. The monoisotopic (exact) mass is 416 g/mol. The van der Waals surface area contributed by atoms with Gasteiger partial charge in [0.1, 0.15) is 18.9 Å². The van der Waals surface area contributed by atoms with Crippen molar-refractivity contribution in [3.63, 3.8) is 0 Å². The molecule has 0 aromatic heterocycles. The highest BCUT2D eigenvalue weighted by atomic mass is 16.5. The third kappa shape index (κ3) is 13.9. The Morgan fingerprint density at radius 1 is 0.862 bits per heavy atom. The Balaban J connectivity index is 0. The number of rotatable bonds is 14. The Kier molecular flexibility index (Phi) is 15.8. The van der Waals surface area contributed by atoms with Crippen molar-refractivity contribution in [2.45, 2.75) is 40.0 Å². The van der Waals surface area contributed by atoms with Gasteiger partial charge in [-0.2, -0.15) is 0 Å². The number of amides is 3. The van der Waals surface area contributed by atoms with Gasteiger partial charge in [-0.05, 0) is 6.92 Å². The van der Waals surface area contributed by atoms with Crippen LogP contribution < -0.4 is 16.4 Å². The van der Waals surface area contributed by atoms with Crippen LogP contribution in [0.5, 0.6) is 0 Å². The zero-order valence-corrected chi connectivity index (χ0v) is 16.2. The number of nitrogens with zero attached hydrogens (tertiary/aromatic N) is 1. The lowest BCUT2D eigenvalue weighted by atomic mass is 10.2. The zero-order chi connectivity index (χ0) is 21.5. The van der Waals surface area contributed by atoms with E-state index in [4.69, 9.17) is 5.73 Å². The van der Waals surface area contributed by atoms with Crippen molar-refractivity contribution < 1.29 is 33.5 Å². The molecule has 166 valence electrons. The second-order valence-electron chi connectivity index (χ2n) is 5.84. The van der Waals surface area contributed by atoms with E-state index < -0.39 is 30.9 Å². The van der Waals surface area contributed by atoms with Crippen molar-refractivity contribution in [3.8, 4) is 0 Å². The number of carbonyl (C=O) groups excluding carboxylic acids is 6. The van der Waals surface area contributed by atoms with Crippen molar-refractivity contribution in [2.75, 3.05) is 39.8 Å². The number of nitrogens with one attached hydrogen (secondary N) is 2. The molecule has 0 aliphatic carbocycles. The molecule has 4 N–H and O–H groups in total. The second kappa shape index (κ2) is 16.2. The number of Topliss-reactive ketones (excluding diaryl/α,β-unsaturated/α-hetero) is 2. The van der Waals surface area contributed by atoms with Gasteiger partial charge in [-0.25, -0.2) is 0 Å². The van der Waals surface area contributed by atoms with Gasteiger partial charge in [0.15, 0.2) is 5.78 Å². The molecule has 11 nitrogen and oxygen atoms in total. The fraction of sp³-hybridized carbons (Fsp3) is 0.667. The van der Waals surface area contributed by atoms with E-state index in [1.807, 2.05) is 0 Å². The molecule has 0 fully saturated rings. The number of methoxy groups -OCH3 is 1. The average Bonchev–Trinajstić information content (AvgIpc) is 2.67. The van der Waals surface area contributed by atoms with Crippen LogP contribution in [0.3, 0.4) is 0 Å².